The van der Waals surface area contributed by atoms with Crippen molar-refractivity contribution in [2.45, 2.75) is 6.42 Å². The van der Waals surface area contributed by atoms with Gasteiger partial charge < -0.3 is 9.30 Å². The number of ether oxygens (including phenoxy) is 1. The highest BCUT2D eigenvalue weighted by Gasteiger charge is 2.16. The van der Waals surface area contributed by atoms with Crippen LogP contribution in [0, 0.1) is 0 Å². The molecule has 0 aliphatic rings. The fourth-order valence-electron chi connectivity index (χ4n) is 3.04. The topological polar surface area (TPSA) is 39.9 Å². The van der Waals surface area contributed by atoms with E-state index >= 15 is 0 Å². The largest absolute Gasteiger partial charge is 0.497 e. The van der Waals surface area contributed by atoms with E-state index in [1.807, 2.05) is 49.5 Å². The molecule has 6 heteroatoms. The van der Waals surface area contributed by atoms with E-state index in [2.05, 4.69) is 9.55 Å². The normalized spacial score (nSPS) is 11.4. The lowest BCUT2D eigenvalue weighted by molar-refractivity contribution is 0.414. The molecule has 4 aromatic rings. The first-order valence-corrected chi connectivity index (χ1v) is 8.55. The van der Waals surface area contributed by atoms with Crippen LogP contribution in [0.4, 0.5) is 0 Å². The van der Waals surface area contributed by atoms with Crippen molar-refractivity contribution in [3.05, 3.63) is 64.0 Å². The summed E-state index contributed by atoms with van der Waals surface area (Å²) in [5, 5.41) is 2.01. The highest BCUT2D eigenvalue weighted by Crippen LogP contribution is 2.31. The Morgan fingerprint density at radius 2 is 1.80 bits per heavy atom. The molecule has 0 saturated carbocycles. The molecule has 4 rings (SSSR count). The molecule has 0 bridgehead atoms. The molecule has 0 saturated heterocycles. The van der Waals surface area contributed by atoms with E-state index in [9.17, 15) is 0 Å². The molecule has 0 amide bonds. The Morgan fingerprint density at radius 3 is 2.52 bits per heavy atom. The van der Waals surface area contributed by atoms with Gasteiger partial charge in [0.1, 0.15) is 17.1 Å². The van der Waals surface area contributed by atoms with Gasteiger partial charge in [0.15, 0.2) is 5.15 Å². The second-order valence-electron chi connectivity index (χ2n) is 5.87. The second kappa shape index (κ2) is 6.21. The summed E-state index contributed by atoms with van der Waals surface area (Å²) in [6.45, 7) is 0. The van der Waals surface area contributed by atoms with Gasteiger partial charge in [0.25, 0.3) is 0 Å². The van der Waals surface area contributed by atoms with Crippen molar-refractivity contribution in [3.63, 3.8) is 0 Å². The van der Waals surface area contributed by atoms with E-state index in [1.165, 1.54) is 0 Å². The van der Waals surface area contributed by atoms with E-state index in [4.69, 9.17) is 32.9 Å². The maximum atomic E-state index is 6.37. The van der Waals surface area contributed by atoms with Crippen LogP contribution in [0.25, 0.3) is 21.9 Å². The van der Waals surface area contributed by atoms with Crippen LogP contribution in [0.1, 0.15) is 11.4 Å². The van der Waals surface area contributed by atoms with Crippen molar-refractivity contribution in [3.8, 4) is 5.75 Å². The lowest BCUT2D eigenvalue weighted by Gasteiger charge is -2.06. The van der Waals surface area contributed by atoms with E-state index in [0.717, 1.165) is 33.6 Å². The van der Waals surface area contributed by atoms with Crippen LogP contribution in [0.15, 0.2) is 42.5 Å². The zero-order valence-corrected chi connectivity index (χ0v) is 15.3. The Bertz CT molecular complexity index is 1090. The Hall–Kier alpha value is -2.30. The number of methoxy groups -OCH3 is 1. The van der Waals surface area contributed by atoms with Gasteiger partial charge in [-0.15, -0.1) is 0 Å². The number of pyridine rings is 1. The molecule has 0 atom stereocenters. The van der Waals surface area contributed by atoms with Gasteiger partial charge in [0, 0.05) is 23.9 Å². The zero-order valence-electron chi connectivity index (χ0n) is 13.8. The number of aryl methyl sites for hydroxylation is 1. The molecule has 0 aliphatic carbocycles. The summed E-state index contributed by atoms with van der Waals surface area (Å²) in [4.78, 5) is 9.16. The van der Waals surface area contributed by atoms with Gasteiger partial charge in [-0.3, -0.25) is 0 Å². The molecule has 4 nitrogen and oxygen atoms in total. The molecule has 2 aromatic heterocycles. The highest BCUT2D eigenvalue weighted by molar-refractivity contribution is 6.35. The van der Waals surface area contributed by atoms with Crippen LogP contribution in [-0.2, 0) is 13.5 Å². The number of rotatable bonds is 3. The molecule has 0 unspecified atom stereocenters. The third-order valence-electron chi connectivity index (χ3n) is 4.34. The number of fused-ring (bicyclic) bond motifs is 3. The summed E-state index contributed by atoms with van der Waals surface area (Å²) in [5.41, 5.74) is 3.59. The molecule has 2 heterocycles. The summed E-state index contributed by atoms with van der Waals surface area (Å²) in [7, 11) is 3.66. The molecular weight excluding hydrogens is 357 g/mol. The third kappa shape index (κ3) is 2.81. The van der Waals surface area contributed by atoms with Crippen molar-refractivity contribution in [2.24, 2.45) is 7.05 Å². The van der Waals surface area contributed by atoms with Crippen LogP contribution in [-0.4, -0.2) is 21.6 Å². The molecule has 126 valence electrons. The van der Waals surface area contributed by atoms with Gasteiger partial charge in [-0.25, -0.2) is 9.97 Å². The average Bonchev–Trinajstić information content (AvgIpc) is 2.93. The van der Waals surface area contributed by atoms with E-state index in [1.54, 1.807) is 7.11 Å². The van der Waals surface area contributed by atoms with Gasteiger partial charge in [0.05, 0.1) is 18.1 Å². The number of halogens is 2. The molecule has 0 radical (unpaired) electrons. The van der Waals surface area contributed by atoms with Crippen molar-refractivity contribution in [1.82, 2.24) is 14.5 Å². The highest BCUT2D eigenvalue weighted by atomic mass is 35.5. The zero-order chi connectivity index (χ0) is 17.6. The predicted octanol–water partition coefficient (Wildman–Crippen LogP) is 5.03. The van der Waals surface area contributed by atoms with Crippen molar-refractivity contribution in [1.29, 1.82) is 0 Å². The van der Waals surface area contributed by atoms with Gasteiger partial charge in [-0.2, -0.15) is 0 Å². The minimum absolute atomic E-state index is 0.390. The van der Waals surface area contributed by atoms with Gasteiger partial charge in [-0.05, 0) is 35.9 Å². The summed E-state index contributed by atoms with van der Waals surface area (Å²) in [6.07, 6.45) is 0.695. The van der Waals surface area contributed by atoms with Crippen molar-refractivity contribution in [2.75, 3.05) is 7.11 Å². The lowest BCUT2D eigenvalue weighted by atomic mass is 10.1. The summed E-state index contributed by atoms with van der Waals surface area (Å²) in [5.74, 6) is 1.76. The van der Waals surface area contributed by atoms with Crippen LogP contribution in [0.5, 0.6) is 5.75 Å². The second-order valence-corrected chi connectivity index (χ2v) is 6.67. The third-order valence-corrected chi connectivity index (χ3v) is 4.84. The number of benzene rings is 2. The van der Waals surface area contributed by atoms with Gasteiger partial charge in [-0.1, -0.05) is 35.3 Å². The van der Waals surface area contributed by atoms with Crippen molar-refractivity contribution >= 4 is 45.1 Å². The van der Waals surface area contributed by atoms with E-state index < -0.39 is 0 Å². The lowest BCUT2D eigenvalue weighted by Crippen LogP contribution is -1.99. The number of imidazole rings is 1. The Balaban J connectivity index is 1.86. The maximum absolute atomic E-state index is 6.37. The average molecular weight is 372 g/mol. The van der Waals surface area contributed by atoms with E-state index in [-0.39, 0.29) is 0 Å². The molecule has 0 aliphatic heterocycles. The SMILES string of the molecule is COc1ccc(Cc2nc3c(Cl)nc4cc(Cl)ccc4c3n2C)cc1. The first kappa shape index (κ1) is 16.2. The first-order chi connectivity index (χ1) is 12.1. The van der Waals surface area contributed by atoms with Gasteiger partial charge in [0.2, 0.25) is 0 Å². The summed E-state index contributed by atoms with van der Waals surface area (Å²) < 4.78 is 7.28. The fraction of sp³-hybridized carbons (Fsp3) is 0.158. The molecule has 0 fully saturated rings. The Kier molecular flexibility index (Phi) is 4.02. The molecule has 0 N–H and O–H groups in total. The smallest absolute Gasteiger partial charge is 0.157 e. The summed E-state index contributed by atoms with van der Waals surface area (Å²) in [6, 6.07) is 13.6. The van der Waals surface area contributed by atoms with Crippen molar-refractivity contribution < 1.29 is 4.74 Å². The van der Waals surface area contributed by atoms with E-state index in [0.29, 0.717) is 22.1 Å². The Labute approximate surface area is 155 Å². The number of aromatic nitrogens is 3. The minimum Gasteiger partial charge on any atom is -0.497 e. The van der Waals surface area contributed by atoms with Crippen LogP contribution in [0.2, 0.25) is 10.2 Å². The standard InChI is InChI=1S/C19H15Cl2N3O/c1-24-16(9-11-3-6-13(25-2)7-4-11)23-17-18(24)14-8-5-12(20)10-15(14)22-19(17)21/h3-8,10H,9H2,1-2H3. The molecule has 2 aromatic carbocycles. The molecule has 0 spiro atoms. The number of nitrogens with zero attached hydrogens (tertiary/aromatic N) is 3. The van der Waals surface area contributed by atoms with Crippen LogP contribution in [0.3, 0.4) is 0 Å². The minimum atomic E-state index is 0.390. The first-order valence-electron chi connectivity index (χ1n) is 7.80. The number of hydrogen-bond donors (Lipinski definition) is 0. The van der Waals surface area contributed by atoms with Crippen LogP contribution < -0.4 is 4.74 Å². The fourth-order valence-corrected chi connectivity index (χ4v) is 3.43. The monoisotopic (exact) mass is 371 g/mol. The summed E-state index contributed by atoms with van der Waals surface area (Å²) >= 11 is 12.5. The van der Waals surface area contributed by atoms with Crippen LogP contribution >= 0.6 is 23.2 Å². The molecular formula is C19H15Cl2N3O. The predicted molar refractivity (Wildman–Crippen MR) is 102 cm³/mol. The maximum Gasteiger partial charge on any atom is 0.157 e. The van der Waals surface area contributed by atoms with Gasteiger partial charge >= 0.3 is 0 Å². The Morgan fingerprint density at radius 1 is 1.04 bits per heavy atom. The molecule has 25 heavy (non-hydrogen) atoms. The number of hydrogen-bond acceptors (Lipinski definition) is 3. The quantitative estimate of drug-likeness (QED) is 0.474.